The van der Waals surface area contributed by atoms with Crippen LogP contribution in [-0.4, -0.2) is 50.1 Å². The second-order valence-corrected chi connectivity index (χ2v) is 10.0. The van der Waals surface area contributed by atoms with Gasteiger partial charge in [0.15, 0.2) is 0 Å². The van der Waals surface area contributed by atoms with Crippen LogP contribution in [0.1, 0.15) is 29.9 Å². The first-order valence-electron chi connectivity index (χ1n) is 10.3. The molecule has 5 rings (SSSR count). The monoisotopic (exact) mass is 489 g/mol. The first-order valence-corrected chi connectivity index (χ1v) is 11.8. The van der Waals surface area contributed by atoms with E-state index >= 15 is 0 Å². The lowest BCUT2D eigenvalue weighted by molar-refractivity contribution is 0.390. The summed E-state index contributed by atoms with van der Waals surface area (Å²) in [6, 6.07) is 2.61. The highest BCUT2D eigenvalue weighted by atomic mass is 32.2. The lowest BCUT2D eigenvalue weighted by Crippen LogP contribution is -2.39. The molecule has 0 spiro atoms. The Morgan fingerprint density at radius 3 is 2.65 bits per heavy atom. The SMILES string of the molecule is Cc1nc(-n2c(=O)[nH]c(=O)c3c(Cc4cnn(C)c4)c(S(=O)(=O)NC4(CF)CC4)ccc32)no1. The van der Waals surface area contributed by atoms with Crippen molar-refractivity contribution >= 4 is 20.9 Å². The number of fused-ring (bicyclic) bond motifs is 1. The molecule has 34 heavy (non-hydrogen) atoms. The highest BCUT2D eigenvalue weighted by molar-refractivity contribution is 7.89. The molecule has 0 atom stereocenters. The maximum atomic E-state index is 13.5. The zero-order valence-electron chi connectivity index (χ0n) is 18.2. The summed E-state index contributed by atoms with van der Waals surface area (Å²) in [7, 11) is -2.51. The highest BCUT2D eigenvalue weighted by Crippen LogP contribution is 2.38. The summed E-state index contributed by atoms with van der Waals surface area (Å²) in [6.45, 7) is 0.702. The minimum atomic E-state index is -4.21. The van der Waals surface area contributed by atoms with E-state index in [2.05, 4.69) is 24.9 Å². The first-order chi connectivity index (χ1) is 16.1. The fraction of sp³-hybridized carbons (Fsp3) is 0.350. The minimum absolute atomic E-state index is 0.0105. The molecule has 0 radical (unpaired) electrons. The number of halogens is 1. The molecular formula is C20H20FN7O5S. The molecule has 0 aliphatic heterocycles. The maximum absolute atomic E-state index is 13.5. The summed E-state index contributed by atoms with van der Waals surface area (Å²) in [6.07, 6.45) is 3.99. The van der Waals surface area contributed by atoms with Crippen LogP contribution in [0.5, 0.6) is 0 Å². The van der Waals surface area contributed by atoms with Gasteiger partial charge in [-0.1, -0.05) is 0 Å². The van der Waals surface area contributed by atoms with Gasteiger partial charge in [0, 0.05) is 26.6 Å². The molecule has 14 heteroatoms. The van der Waals surface area contributed by atoms with Crippen LogP contribution in [0.25, 0.3) is 16.9 Å². The molecule has 0 amide bonds. The third-order valence-corrected chi connectivity index (χ3v) is 7.41. The van der Waals surface area contributed by atoms with Crippen LogP contribution in [0.3, 0.4) is 0 Å². The van der Waals surface area contributed by atoms with E-state index in [0.29, 0.717) is 18.4 Å². The molecule has 0 unspecified atom stereocenters. The van der Waals surface area contributed by atoms with Gasteiger partial charge >= 0.3 is 5.69 Å². The number of rotatable bonds is 7. The van der Waals surface area contributed by atoms with E-state index in [4.69, 9.17) is 4.52 Å². The number of sulfonamides is 1. The van der Waals surface area contributed by atoms with Crippen molar-refractivity contribution in [2.75, 3.05) is 6.67 Å². The number of H-pyrrole nitrogens is 1. The van der Waals surface area contributed by atoms with Crippen LogP contribution in [0, 0.1) is 6.92 Å². The number of benzene rings is 1. The molecule has 178 valence electrons. The van der Waals surface area contributed by atoms with Crippen molar-refractivity contribution in [1.29, 1.82) is 0 Å². The van der Waals surface area contributed by atoms with Crippen LogP contribution in [0.2, 0.25) is 0 Å². The number of aromatic nitrogens is 6. The van der Waals surface area contributed by atoms with E-state index in [9.17, 15) is 22.4 Å². The molecule has 1 aliphatic rings. The van der Waals surface area contributed by atoms with Crippen molar-refractivity contribution in [2.45, 2.75) is 36.6 Å². The van der Waals surface area contributed by atoms with Crippen LogP contribution in [0.4, 0.5) is 4.39 Å². The zero-order valence-corrected chi connectivity index (χ0v) is 19.0. The standard InChI is InChI=1S/C20H20FN7O5S/c1-11-23-18(25-33-11)28-14-3-4-15(34(31,32)26-20(10-21)5-6-20)13(7-12-8-22-27(2)9-12)16(14)17(29)24-19(28)30/h3-4,8-9,26H,5-7,10H2,1-2H3,(H,24,29,30). The van der Waals surface area contributed by atoms with Crippen molar-refractivity contribution in [3.63, 3.8) is 0 Å². The Bertz CT molecular complexity index is 1650. The Hall–Kier alpha value is -3.65. The smallest absolute Gasteiger partial charge is 0.335 e. The molecule has 0 bridgehead atoms. The number of nitrogens with one attached hydrogen (secondary N) is 2. The molecule has 1 fully saturated rings. The number of hydrogen-bond acceptors (Lipinski definition) is 8. The minimum Gasteiger partial charge on any atom is -0.338 e. The summed E-state index contributed by atoms with van der Waals surface area (Å²) < 4.78 is 50.1. The lowest BCUT2D eigenvalue weighted by Gasteiger charge is -2.18. The van der Waals surface area contributed by atoms with Gasteiger partial charge in [-0.25, -0.2) is 26.9 Å². The summed E-state index contributed by atoms with van der Waals surface area (Å²) in [5.74, 6) is 0.0837. The first kappa shape index (κ1) is 22.2. The molecular weight excluding hydrogens is 469 g/mol. The van der Waals surface area contributed by atoms with Crippen molar-refractivity contribution in [3.05, 3.63) is 62.4 Å². The van der Waals surface area contributed by atoms with E-state index in [1.54, 1.807) is 19.4 Å². The van der Waals surface area contributed by atoms with Crippen LogP contribution in [-0.2, 0) is 23.5 Å². The van der Waals surface area contributed by atoms with Gasteiger partial charge in [-0.3, -0.25) is 14.5 Å². The van der Waals surface area contributed by atoms with Gasteiger partial charge in [-0.15, -0.1) is 0 Å². The number of aromatic amines is 1. The van der Waals surface area contributed by atoms with Gasteiger partial charge in [0.1, 0.15) is 6.67 Å². The Balaban J connectivity index is 1.80. The predicted molar refractivity (Wildman–Crippen MR) is 117 cm³/mol. The van der Waals surface area contributed by atoms with Gasteiger partial charge in [0.25, 0.3) is 11.5 Å². The van der Waals surface area contributed by atoms with E-state index in [-0.39, 0.29) is 39.6 Å². The molecule has 4 aromatic rings. The van der Waals surface area contributed by atoms with Crippen molar-refractivity contribution in [2.24, 2.45) is 7.05 Å². The molecule has 1 saturated carbocycles. The van der Waals surface area contributed by atoms with Crippen LogP contribution >= 0.6 is 0 Å². The Labute approximate surface area is 191 Å². The zero-order chi connectivity index (χ0) is 24.3. The molecule has 3 aromatic heterocycles. The number of aryl methyl sites for hydroxylation is 2. The van der Waals surface area contributed by atoms with Crippen molar-refractivity contribution < 1.29 is 17.3 Å². The normalized spacial score (nSPS) is 15.1. The van der Waals surface area contributed by atoms with E-state index in [0.717, 1.165) is 4.57 Å². The summed E-state index contributed by atoms with van der Waals surface area (Å²) >= 11 is 0. The summed E-state index contributed by atoms with van der Waals surface area (Å²) in [5, 5.41) is 7.81. The van der Waals surface area contributed by atoms with Crippen molar-refractivity contribution in [3.8, 4) is 5.95 Å². The largest absolute Gasteiger partial charge is 0.338 e. The Morgan fingerprint density at radius 1 is 1.29 bits per heavy atom. The summed E-state index contributed by atoms with van der Waals surface area (Å²) in [5.41, 5.74) is -1.87. The maximum Gasteiger partial charge on any atom is 0.335 e. The fourth-order valence-corrected chi connectivity index (χ4v) is 5.59. The highest BCUT2D eigenvalue weighted by Gasteiger charge is 2.46. The number of alkyl halides is 1. The van der Waals surface area contributed by atoms with Gasteiger partial charge < -0.3 is 4.52 Å². The van der Waals surface area contributed by atoms with E-state index in [1.165, 1.54) is 23.7 Å². The Morgan fingerprint density at radius 2 is 2.06 bits per heavy atom. The molecule has 1 aliphatic carbocycles. The van der Waals surface area contributed by atoms with Gasteiger partial charge in [0.05, 0.1) is 27.5 Å². The van der Waals surface area contributed by atoms with E-state index < -0.39 is 33.5 Å². The second kappa shape index (κ2) is 7.70. The number of hydrogen-bond donors (Lipinski definition) is 2. The van der Waals surface area contributed by atoms with Gasteiger partial charge in [-0.2, -0.15) is 10.1 Å². The second-order valence-electron chi connectivity index (χ2n) is 8.36. The van der Waals surface area contributed by atoms with Crippen LogP contribution < -0.4 is 16.0 Å². The third kappa shape index (κ3) is 3.74. The van der Waals surface area contributed by atoms with E-state index in [1.807, 2.05) is 0 Å². The molecule has 12 nitrogen and oxygen atoms in total. The quantitative estimate of drug-likeness (QED) is 0.379. The average molecular weight is 489 g/mol. The Kier molecular flexibility index (Phi) is 5.02. The average Bonchev–Trinajstić information content (AvgIpc) is 3.20. The van der Waals surface area contributed by atoms with Crippen molar-refractivity contribution in [1.82, 2.24) is 34.2 Å². The summed E-state index contributed by atoms with van der Waals surface area (Å²) in [4.78, 5) is 31.7. The molecule has 3 heterocycles. The fourth-order valence-electron chi connectivity index (χ4n) is 3.91. The predicted octanol–water partition coefficient (Wildman–Crippen LogP) is 0.475. The van der Waals surface area contributed by atoms with Gasteiger partial charge in [-0.05, 0) is 41.3 Å². The van der Waals surface area contributed by atoms with Crippen LogP contribution in [0.15, 0.2) is 43.5 Å². The molecule has 1 aromatic carbocycles. The third-order valence-electron chi connectivity index (χ3n) is 5.75. The lowest BCUT2D eigenvalue weighted by atomic mass is 10.0. The molecule has 0 saturated heterocycles. The number of nitrogens with zero attached hydrogens (tertiary/aromatic N) is 5. The van der Waals surface area contributed by atoms with Gasteiger partial charge in [0.2, 0.25) is 15.9 Å². The molecule has 2 N–H and O–H groups in total. The topological polar surface area (TPSA) is 158 Å².